The normalized spacial score (nSPS) is 12.8. The first-order valence-corrected chi connectivity index (χ1v) is 6.43. The van der Waals surface area contributed by atoms with Crippen molar-refractivity contribution >= 4 is 0 Å². The van der Waals surface area contributed by atoms with Crippen LogP contribution in [0.15, 0.2) is 18.2 Å². The molecule has 1 unspecified atom stereocenters. The fourth-order valence-corrected chi connectivity index (χ4v) is 1.88. The second kappa shape index (κ2) is 6.70. The Morgan fingerprint density at radius 3 is 2.56 bits per heavy atom. The summed E-state index contributed by atoms with van der Waals surface area (Å²) in [4.78, 5) is 0. The van der Waals surface area contributed by atoms with Crippen molar-refractivity contribution in [1.82, 2.24) is 5.32 Å². The Bertz CT molecular complexity index is 317. The van der Waals surface area contributed by atoms with Gasteiger partial charge in [0.1, 0.15) is 0 Å². The molecule has 1 atom stereocenters. The highest BCUT2D eigenvalue weighted by Gasteiger charge is 2.03. The van der Waals surface area contributed by atoms with Crippen molar-refractivity contribution in [2.75, 3.05) is 6.54 Å². The van der Waals surface area contributed by atoms with Crippen LogP contribution < -0.4 is 5.32 Å². The van der Waals surface area contributed by atoms with Gasteiger partial charge in [-0.1, -0.05) is 31.5 Å². The number of nitrogens with one attached hydrogen (secondary N) is 1. The summed E-state index contributed by atoms with van der Waals surface area (Å²) in [6, 6.07) is 7.37. The lowest BCUT2D eigenvalue weighted by molar-refractivity contribution is 0.531. The molecule has 0 aliphatic heterocycles. The molecule has 90 valence electrons. The van der Waals surface area contributed by atoms with Crippen LogP contribution in [0.2, 0.25) is 0 Å². The lowest BCUT2D eigenvalue weighted by Gasteiger charge is -2.14. The summed E-state index contributed by atoms with van der Waals surface area (Å²) in [5.74, 6) is 0. The Kier molecular flexibility index (Phi) is 5.54. The van der Waals surface area contributed by atoms with Gasteiger partial charge in [0.15, 0.2) is 0 Å². The van der Waals surface area contributed by atoms with Gasteiger partial charge in [-0.3, -0.25) is 0 Å². The van der Waals surface area contributed by atoms with Crippen molar-refractivity contribution in [2.24, 2.45) is 0 Å². The van der Waals surface area contributed by atoms with Crippen molar-refractivity contribution in [3.63, 3.8) is 0 Å². The molecule has 1 heteroatoms. The lowest BCUT2D eigenvalue weighted by Crippen LogP contribution is -2.28. The predicted molar refractivity (Wildman–Crippen MR) is 72.0 cm³/mol. The molecule has 0 bridgehead atoms. The average Bonchev–Trinajstić information content (AvgIpc) is 2.24. The van der Waals surface area contributed by atoms with Gasteiger partial charge in [-0.15, -0.1) is 0 Å². The van der Waals surface area contributed by atoms with E-state index in [0.29, 0.717) is 6.04 Å². The molecular weight excluding hydrogens is 194 g/mol. The molecular formula is C15H25N. The minimum absolute atomic E-state index is 0.577. The molecule has 1 N–H and O–H groups in total. The van der Waals surface area contributed by atoms with Gasteiger partial charge in [0.05, 0.1) is 0 Å². The van der Waals surface area contributed by atoms with E-state index in [2.05, 4.69) is 51.2 Å². The number of hydrogen-bond acceptors (Lipinski definition) is 1. The molecule has 0 aromatic heterocycles. The van der Waals surface area contributed by atoms with Gasteiger partial charge in [0, 0.05) is 6.04 Å². The van der Waals surface area contributed by atoms with E-state index >= 15 is 0 Å². The summed E-state index contributed by atoms with van der Waals surface area (Å²) in [5, 5.41) is 3.57. The van der Waals surface area contributed by atoms with Crippen molar-refractivity contribution in [2.45, 2.75) is 53.0 Å². The number of aryl methyl sites for hydroxylation is 2. The van der Waals surface area contributed by atoms with E-state index in [9.17, 15) is 0 Å². The molecule has 0 fully saturated rings. The Morgan fingerprint density at radius 2 is 1.94 bits per heavy atom. The summed E-state index contributed by atoms with van der Waals surface area (Å²) >= 11 is 0. The zero-order valence-corrected chi connectivity index (χ0v) is 11.1. The Labute approximate surface area is 100 Å². The molecule has 1 aromatic rings. The third-order valence-corrected chi connectivity index (χ3v) is 3.14. The highest BCUT2D eigenvalue weighted by atomic mass is 14.9. The van der Waals surface area contributed by atoms with Crippen LogP contribution in [-0.4, -0.2) is 12.6 Å². The lowest BCUT2D eigenvalue weighted by atomic mass is 10.0. The van der Waals surface area contributed by atoms with E-state index in [1.807, 2.05) is 0 Å². The number of rotatable bonds is 6. The summed E-state index contributed by atoms with van der Waals surface area (Å²) < 4.78 is 0. The summed E-state index contributed by atoms with van der Waals surface area (Å²) in [6.07, 6.45) is 3.67. The molecule has 0 saturated carbocycles. The van der Waals surface area contributed by atoms with Gasteiger partial charge in [0.25, 0.3) is 0 Å². The zero-order valence-electron chi connectivity index (χ0n) is 11.1. The maximum atomic E-state index is 3.57. The second-order valence-electron chi connectivity index (χ2n) is 4.83. The van der Waals surface area contributed by atoms with Crippen molar-refractivity contribution in [1.29, 1.82) is 0 Å². The number of unbranched alkanes of at least 4 members (excludes halogenated alkanes) is 1. The van der Waals surface area contributed by atoms with Gasteiger partial charge in [-0.2, -0.15) is 0 Å². The minimum atomic E-state index is 0.577. The molecule has 0 spiro atoms. The van der Waals surface area contributed by atoms with Crippen LogP contribution in [0.4, 0.5) is 0 Å². The first kappa shape index (κ1) is 13.2. The Morgan fingerprint density at radius 1 is 1.19 bits per heavy atom. The smallest absolute Gasteiger partial charge is 0.00791 e. The highest BCUT2D eigenvalue weighted by molar-refractivity contribution is 5.30. The first-order chi connectivity index (χ1) is 7.63. The molecule has 0 radical (unpaired) electrons. The van der Waals surface area contributed by atoms with Crippen LogP contribution in [-0.2, 0) is 6.42 Å². The molecule has 0 aliphatic carbocycles. The van der Waals surface area contributed by atoms with Crippen LogP contribution in [0.3, 0.4) is 0 Å². The van der Waals surface area contributed by atoms with E-state index in [1.165, 1.54) is 29.5 Å². The van der Waals surface area contributed by atoms with E-state index in [4.69, 9.17) is 0 Å². The quantitative estimate of drug-likeness (QED) is 0.721. The second-order valence-corrected chi connectivity index (χ2v) is 4.83. The van der Waals surface area contributed by atoms with Crippen molar-refractivity contribution in [3.05, 3.63) is 34.9 Å². The van der Waals surface area contributed by atoms with Gasteiger partial charge >= 0.3 is 0 Å². The molecule has 1 rings (SSSR count). The molecule has 0 heterocycles. The van der Waals surface area contributed by atoms with Crippen LogP contribution in [0, 0.1) is 13.8 Å². The maximum absolute atomic E-state index is 3.57. The maximum Gasteiger partial charge on any atom is 0.00791 e. The van der Waals surface area contributed by atoms with Crippen LogP contribution >= 0.6 is 0 Å². The largest absolute Gasteiger partial charge is 0.314 e. The van der Waals surface area contributed by atoms with Gasteiger partial charge < -0.3 is 5.32 Å². The van der Waals surface area contributed by atoms with Gasteiger partial charge in [-0.25, -0.2) is 0 Å². The fourth-order valence-electron chi connectivity index (χ4n) is 1.88. The Hall–Kier alpha value is -0.820. The first-order valence-electron chi connectivity index (χ1n) is 6.43. The minimum Gasteiger partial charge on any atom is -0.314 e. The topological polar surface area (TPSA) is 12.0 Å². The molecule has 1 nitrogen and oxygen atoms in total. The standard InChI is InChI=1S/C15H25N/c1-5-6-9-16-14(4)11-15-8-7-12(2)13(3)10-15/h7-8,10,14,16H,5-6,9,11H2,1-4H3. The summed E-state index contributed by atoms with van der Waals surface area (Å²) in [6.45, 7) is 10.00. The predicted octanol–water partition coefficient (Wildman–Crippen LogP) is 3.62. The van der Waals surface area contributed by atoms with E-state index in [-0.39, 0.29) is 0 Å². The SMILES string of the molecule is CCCCNC(C)Cc1ccc(C)c(C)c1. The molecule has 16 heavy (non-hydrogen) atoms. The highest BCUT2D eigenvalue weighted by Crippen LogP contribution is 2.11. The van der Waals surface area contributed by atoms with Crippen molar-refractivity contribution < 1.29 is 0 Å². The number of hydrogen-bond donors (Lipinski definition) is 1. The van der Waals surface area contributed by atoms with Crippen LogP contribution in [0.5, 0.6) is 0 Å². The van der Waals surface area contributed by atoms with E-state index < -0.39 is 0 Å². The molecule has 0 aliphatic rings. The summed E-state index contributed by atoms with van der Waals surface area (Å²) in [5.41, 5.74) is 4.23. The number of benzene rings is 1. The molecule has 0 saturated heterocycles. The van der Waals surface area contributed by atoms with Gasteiger partial charge in [-0.05, 0) is 56.8 Å². The van der Waals surface area contributed by atoms with E-state index in [0.717, 1.165) is 13.0 Å². The monoisotopic (exact) mass is 219 g/mol. The van der Waals surface area contributed by atoms with Crippen LogP contribution in [0.25, 0.3) is 0 Å². The fraction of sp³-hybridized carbons (Fsp3) is 0.600. The third-order valence-electron chi connectivity index (χ3n) is 3.14. The molecule has 0 amide bonds. The average molecular weight is 219 g/mol. The third kappa shape index (κ3) is 4.36. The van der Waals surface area contributed by atoms with E-state index in [1.54, 1.807) is 0 Å². The van der Waals surface area contributed by atoms with Crippen LogP contribution in [0.1, 0.15) is 43.4 Å². The summed E-state index contributed by atoms with van der Waals surface area (Å²) in [7, 11) is 0. The van der Waals surface area contributed by atoms with Crippen molar-refractivity contribution in [3.8, 4) is 0 Å². The van der Waals surface area contributed by atoms with Gasteiger partial charge in [0.2, 0.25) is 0 Å². The zero-order chi connectivity index (χ0) is 12.0. The molecule has 1 aromatic carbocycles. The Balaban J connectivity index is 2.43.